The summed E-state index contributed by atoms with van der Waals surface area (Å²) in [4.78, 5) is 32.2. The molecule has 2 saturated heterocycles. The summed E-state index contributed by atoms with van der Waals surface area (Å²) in [6, 6.07) is 4.04. The fraction of sp³-hybridized carbons (Fsp3) is 0.708. The van der Waals surface area contributed by atoms with Crippen LogP contribution >= 0.6 is 0 Å². The Balaban J connectivity index is 1.66. The number of rotatable bonds is 6. The molecule has 1 aromatic heterocycles. The van der Waals surface area contributed by atoms with E-state index < -0.39 is 11.4 Å². The number of aromatic nitrogens is 1. The first kappa shape index (κ1) is 22.1. The highest BCUT2D eigenvalue weighted by Gasteiger charge is 2.38. The summed E-state index contributed by atoms with van der Waals surface area (Å²) < 4.78 is 0. The Labute approximate surface area is 185 Å². The Morgan fingerprint density at radius 1 is 1.10 bits per heavy atom. The van der Waals surface area contributed by atoms with E-state index in [1.54, 1.807) is 0 Å². The number of hydrogen-bond acceptors (Lipinski definition) is 5. The Bertz CT molecular complexity index is 779. The third kappa shape index (κ3) is 5.20. The van der Waals surface area contributed by atoms with Gasteiger partial charge in [0.05, 0.1) is 17.7 Å². The normalized spacial score (nSPS) is 25.2. The number of anilines is 1. The van der Waals surface area contributed by atoms with Crippen LogP contribution < -0.4 is 15.5 Å². The van der Waals surface area contributed by atoms with E-state index in [-0.39, 0.29) is 18.4 Å². The van der Waals surface area contributed by atoms with Crippen LogP contribution in [0.3, 0.4) is 0 Å². The number of carboxylic acid groups (broad SMARTS) is 1. The molecule has 0 aromatic carbocycles. The summed E-state index contributed by atoms with van der Waals surface area (Å²) in [5, 5.41) is 16.2. The monoisotopic (exact) mass is 428 g/mol. The van der Waals surface area contributed by atoms with Gasteiger partial charge in [0.1, 0.15) is 5.82 Å². The minimum atomic E-state index is -0.802. The van der Waals surface area contributed by atoms with Gasteiger partial charge in [0.25, 0.3) is 5.91 Å². The molecule has 0 unspecified atom stereocenters. The van der Waals surface area contributed by atoms with Crippen LogP contribution in [0, 0.1) is 0 Å². The molecule has 3 N–H and O–H groups in total. The Hall–Kier alpha value is -2.15. The van der Waals surface area contributed by atoms with Gasteiger partial charge < -0.3 is 20.6 Å². The molecule has 0 radical (unpaired) electrons. The van der Waals surface area contributed by atoms with E-state index in [2.05, 4.69) is 15.5 Å². The number of piperidine rings is 2. The highest BCUT2D eigenvalue weighted by atomic mass is 16.4. The second kappa shape index (κ2) is 9.98. The molecule has 2 aliphatic heterocycles. The second-order valence-electron chi connectivity index (χ2n) is 9.55. The van der Waals surface area contributed by atoms with Gasteiger partial charge in [0.2, 0.25) is 0 Å². The summed E-state index contributed by atoms with van der Waals surface area (Å²) in [6.07, 6.45) is 10.9. The number of amides is 1. The first-order valence-corrected chi connectivity index (χ1v) is 12.1. The topological polar surface area (TPSA) is 94.6 Å². The molecule has 0 bridgehead atoms. The molecule has 0 spiro atoms. The minimum Gasteiger partial charge on any atom is -0.481 e. The predicted octanol–water partition coefficient (Wildman–Crippen LogP) is 3.23. The van der Waals surface area contributed by atoms with E-state index in [1.807, 2.05) is 12.1 Å². The Morgan fingerprint density at radius 2 is 1.84 bits per heavy atom. The average molecular weight is 429 g/mol. The largest absolute Gasteiger partial charge is 0.481 e. The lowest BCUT2D eigenvalue weighted by molar-refractivity contribution is -0.138. The molecule has 1 amide bonds. The van der Waals surface area contributed by atoms with Gasteiger partial charge in [-0.05, 0) is 63.6 Å². The molecular formula is C24H36N4O3. The third-order valence-electron chi connectivity index (χ3n) is 7.22. The Morgan fingerprint density at radius 3 is 2.52 bits per heavy atom. The molecule has 3 fully saturated rings. The lowest BCUT2D eigenvalue weighted by Crippen LogP contribution is -2.46. The zero-order valence-electron chi connectivity index (χ0n) is 18.5. The van der Waals surface area contributed by atoms with Gasteiger partial charge in [0, 0.05) is 31.1 Å². The zero-order chi connectivity index (χ0) is 21.7. The van der Waals surface area contributed by atoms with Gasteiger partial charge in [0.15, 0.2) is 0 Å². The van der Waals surface area contributed by atoms with Crippen molar-refractivity contribution in [2.45, 2.75) is 82.1 Å². The van der Waals surface area contributed by atoms with Crippen molar-refractivity contribution in [1.82, 2.24) is 15.6 Å². The van der Waals surface area contributed by atoms with Crippen molar-refractivity contribution in [3.8, 4) is 0 Å². The van der Waals surface area contributed by atoms with E-state index in [1.165, 1.54) is 25.7 Å². The highest BCUT2D eigenvalue weighted by Crippen LogP contribution is 2.36. The summed E-state index contributed by atoms with van der Waals surface area (Å²) in [5.74, 6) is -0.106. The summed E-state index contributed by atoms with van der Waals surface area (Å²) in [6.45, 7) is 3.30. The smallest absolute Gasteiger partial charge is 0.304 e. The maximum absolute atomic E-state index is 13.2. The number of nitrogens with one attached hydrogen (secondary N) is 2. The molecule has 7 heteroatoms. The van der Waals surface area contributed by atoms with Crippen molar-refractivity contribution in [3.05, 3.63) is 23.4 Å². The molecule has 1 aliphatic carbocycles. The quantitative estimate of drug-likeness (QED) is 0.644. The molecule has 7 nitrogen and oxygen atoms in total. The first-order chi connectivity index (χ1) is 15.1. The van der Waals surface area contributed by atoms with Crippen LogP contribution in [0.4, 0.5) is 5.82 Å². The van der Waals surface area contributed by atoms with Gasteiger partial charge >= 0.3 is 5.97 Å². The molecular weight excluding hydrogens is 392 g/mol. The van der Waals surface area contributed by atoms with E-state index in [0.29, 0.717) is 12.1 Å². The number of nitrogens with zero attached hydrogens (tertiary/aromatic N) is 2. The fourth-order valence-corrected chi connectivity index (χ4v) is 5.50. The molecule has 170 valence electrons. The van der Waals surface area contributed by atoms with Crippen LogP contribution in [0.25, 0.3) is 0 Å². The molecule has 1 saturated carbocycles. The number of aliphatic carboxylic acids is 1. The standard InChI is InChI=1S/C24H36N4O3/c29-21(30)16-24(12-7-13-25-17-24)20-11-10-19(22(27-20)28-14-5-2-6-15-28)23(31)26-18-8-3-1-4-9-18/h10-11,18,25H,1-9,12-17H2,(H,26,31)(H,29,30)/t24-/m0/s1. The van der Waals surface area contributed by atoms with Crippen molar-refractivity contribution in [3.63, 3.8) is 0 Å². The van der Waals surface area contributed by atoms with Crippen LogP contribution in [-0.4, -0.2) is 54.2 Å². The average Bonchev–Trinajstić information content (AvgIpc) is 2.80. The fourth-order valence-electron chi connectivity index (χ4n) is 5.50. The van der Waals surface area contributed by atoms with Gasteiger partial charge in [-0.1, -0.05) is 19.3 Å². The summed E-state index contributed by atoms with van der Waals surface area (Å²) >= 11 is 0. The molecule has 1 aromatic rings. The number of carbonyl (C=O) groups excluding carboxylic acids is 1. The highest BCUT2D eigenvalue weighted by molar-refractivity contribution is 5.99. The van der Waals surface area contributed by atoms with E-state index >= 15 is 0 Å². The number of hydrogen-bond donors (Lipinski definition) is 3. The van der Waals surface area contributed by atoms with Crippen LogP contribution in [0.5, 0.6) is 0 Å². The van der Waals surface area contributed by atoms with Crippen LogP contribution in [0.2, 0.25) is 0 Å². The van der Waals surface area contributed by atoms with E-state index in [4.69, 9.17) is 4.98 Å². The van der Waals surface area contributed by atoms with E-state index in [9.17, 15) is 14.7 Å². The number of pyridine rings is 1. The Kier molecular flexibility index (Phi) is 7.10. The van der Waals surface area contributed by atoms with Crippen molar-refractivity contribution in [1.29, 1.82) is 0 Å². The van der Waals surface area contributed by atoms with Crippen molar-refractivity contribution < 1.29 is 14.7 Å². The molecule has 31 heavy (non-hydrogen) atoms. The molecule has 3 aliphatic rings. The number of carbonyl (C=O) groups is 2. The molecule has 1 atom stereocenters. The SMILES string of the molecule is O=C(O)C[C@@]1(c2ccc(C(=O)NC3CCCCC3)c(N3CCCCC3)n2)CCCNC1. The predicted molar refractivity (Wildman–Crippen MR) is 121 cm³/mol. The van der Waals surface area contributed by atoms with E-state index in [0.717, 1.165) is 69.7 Å². The lowest BCUT2D eigenvalue weighted by Gasteiger charge is -2.37. The minimum absolute atomic E-state index is 0.0411. The zero-order valence-corrected chi connectivity index (χ0v) is 18.5. The van der Waals surface area contributed by atoms with Gasteiger partial charge in [-0.25, -0.2) is 4.98 Å². The summed E-state index contributed by atoms with van der Waals surface area (Å²) in [5.41, 5.74) is 0.912. The van der Waals surface area contributed by atoms with Gasteiger partial charge in [-0.3, -0.25) is 9.59 Å². The van der Waals surface area contributed by atoms with Crippen molar-refractivity contribution >= 4 is 17.7 Å². The van der Waals surface area contributed by atoms with Crippen LogP contribution in [0.15, 0.2) is 12.1 Å². The second-order valence-corrected chi connectivity index (χ2v) is 9.55. The first-order valence-electron chi connectivity index (χ1n) is 12.1. The summed E-state index contributed by atoms with van der Waals surface area (Å²) in [7, 11) is 0. The maximum atomic E-state index is 13.2. The van der Waals surface area contributed by atoms with Gasteiger partial charge in [-0.15, -0.1) is 0 Å². The lowest BCUT2D eigenvalue weighted by atomic mass is 9.74. The maximum Gasteiger partial charge on any atom is 0.304 e. The molecule has 4 rings (SSSR count). The van der Waals surface area contributed by atoms with Crippen LogP contribution in [-0.2, 0) is 10.2 Å². The van der Waals surface area contributed by atoms with Gasteiger partial charge in [-0.2, -0.15) is 0 Å². The van der Waals surface area contributed by atoms with Crippen molar-refractivity contribution in [2.75, 3.05) is 31.1 Å². The third-order valence-corrected chi connectivity index (χ3v) is 7.22. The molecule has 3 heterocycles. The number of carboxylic acids is 1. The van der Waals surface area contributed by atoms with Crippen molar-refractivity contribution in [2.24, 2.45) is 0 Å². The van der Waals surface area contributed by atoms with Crippen LogP contribution in [0.1, 0.15) is 86.7 Å².